The summed E-state index contributed by atoms with van der Waals surface area (Å²) in [5.41, 5.74) is 9.91. The van der Waals surface area contributed by atoms with Gasteiger partial charge in [0, 0.05) is 12.3 Å². The highest BCUT2D eigenvalue weighted by atomic mass is 16.7. The van der Waals surface area contributed by atoms with Gasteiger partial charge in [-0.1, -0.05) is 104 Å². The van der Waals surface area contributed by atoms with Crippen LogP contribution in [0.4, 0.5) is 0 Å². The van der Waals surface area contributed by atoms with Crippen LogP contribution in [0.25, 0.3) is 0 Å². The minimum Gasteiger partial charge on any atom is -0.344 e. The van der Waals surface area contributed by atoms with Gasteiger partial charge in [0.1, 0.15) is 5.78 Å². The van der Waals surface area contributed by atoms with Crippen molar-refractivity contribution < 1.29 is 20.1 Å². The summed E-state index contributed by atoms with van der Waals surface area (Å²) in [6.45, 7) is 3.82. The maximum absolute atomic E-state index is 12.2. The summed E-state index contributed by atoms with van der Waals surface area (Å²) < 4.78 is 0. The van der Waals surface area contributed by atoms with Gasteiger partial charge in [-0.25, -0.2) is 0 Å². The predicted octanol–water partition coefficient (Wildman–Crippen LogP) is 4.09. The highest BCUT2D eigenvalue weighted by Gasteiger charge is 2.39. The summed E-state index contributed by atoms with van der Waals surface area (Å²) in [6.07, 6.45) is 18.8. The molecule has 29 heavy (non-hydrogen) atoms. The summed E-state index contributed by atoms with van der Waals surface area (Å²) in [6, 6.07) is 0. The van der Waals surface area contributed by atoms with Crippen LogP contribution in [-0.2, 0) is 4.79 Å². The molecular weight excluding hydrogens is 368 g/mol. The van der Waals surface area contributed by atoms with E-state index in [1.165, 1.54) is 77.0 Å². The molecule has 0 bridgehead atoms. The van der Waals surface area contributed by atoms with Crippen LogP contribution in [0.5, 0.6) is 0 Å². The molecule has 0 saturated heterocycles. The fraction of sp³-hybridized carbons (Fsp3) is 0.957. The van der Waals surface area contributed by atoms with Crippen molar-refractivity contribution in [3.63, 3.8) is 0 Å². The SMILES string of the molecule is CCCCCCCCCCCCCCCCCC(=O)C(C)C(N)(N)CC(O)(O)O. The molecule has 1 atom stereocenters. The van der Waals surface area contributed by atoms with Crippen LogP contribution < -0.4 is 11.5 Å². The average molecular weight is 417 g/mol. The molecule has 0 aromatic heterocycles. The third-order valence-corrected chi connectivity index (χ3v) is 5.86. The molecule has 0 spiro atoms. The number of ketones is 1. The predicted molar refractivity (Wildman–Crippen MR) is 119 cm³/mol. The third-order valence-electron chi connectivity index (χ3n) is 5.86. The molecule has 174 valence electrons. The van der Waals surface area contributed by atoms with Crippen LogP contribution in [0.2, 0.25) is 0 Å². The van der Waals surface area contributed by atoms with Gasteiger partial charge in [0.2, 0.25) is 0 Å². The highest BCUT2D eigenvalue weighted by Crippen LogP contribution is 2.21. The van der Waals surface area contributed by atoms with Crippen LogP contribution in [0.15, 0.2) is 0 Å². The van der Waals surface area contributed by atoms with E-state index in [0.29, 0.717) is 6.42 Å². The van der Waals surface area contributed by atoms with E-state index < -0.39 is 24.0 Å². The quantitative estimate of drug-likeness (QED) is 0.150. The number of hydrogen-bond acceptors (Lipinski definition) is 6. The maximum Gasteiger partial charge on any atom is 0.278 e. The smallest absolute Gasteiger partial charge is 0.278 e. The molecule has 0 fully saturated rings. The number of carbonyl (C=O) groups excluding carboxylic acids is 1. The standard InChI is InChI=1S/C23H48N2O4/c1-3-4-5-6-7-8-9-10-11-12-13-14-15-16-17-18-21(26)20(2)22(24,25)19-23(27,28)29/h20,27-29H,3-19,24-25H2,1-2H3. The van der Waals surface area contributed by atoms with E-state index in [0.717, 1.165) is 19.3 Å². The third kappa shape index (κ3) is 16.9. The Bertz CT molecular complexity index is 408. The average Bonchev–Trinajstić information content (AvgIpc) is 2.62. The van der Waals surface area contributed by atoms with Crippen molar-refractivity contribution in [1.29, 1.82) is 0 Å². The van der Waals surface area contributed by atoms with Crippen LogP contribution in [0.1, 0.15) is 123 Å². The van der Waals surface area contributed by atoms with E-state index in [-0.39, 0.29) is 5.78 Å². The van der Waals surface area contributed by atoms with Gasteiger partial charge in [0.15, 0.2) is 0 Å². The summed E-state index contributed by atoms with van der Waals surface area (Å²) in [7, 11) is 0. The number of unbranched alkanes of at least 4 members (excludes halogenated alkanes) is 14. The number of nitrogens with two attached hydrogens (primary N) is 2. The number of carbonyl (C=O) groups is 1. The molecule has 6 heteroatoms. The molecule has 0 heterocycles. The van der Waals surface area contributed by atoms with Gasteiger partial charge < -0.3 is 26.8 Å². The van der Waals surface area contributed by atoms with E-state index in [9.17, 15) is 4.79 Å². The number of hydrogen-bond donors (Lipinski definition) is 5. The summed E-state index contributed by atoms with van der Waals surface area (Å²) in [5.74, 6) is -3.82. The molecule has 1 unspecified atom stereocenters. The van der Waals surface area contributed by atoms with Gasteiger partial charge in [-0.15, -0.1) is 0 Å². The first-order valence-electron chi connectivity index (χ1n) is 11.9. The minimum absolute atomic E-state index is 0.103. The summed E-state index contributed by atoms with van der Waals surface area (Å²) in [4.78, 5) is 12.2. The normalized spacial score (nSPS) is 13.6. The van der Waals surface area contributed by atoms with Gasteiger partial charge in [-0.05, 0) is 6.42 Å². The Morgan fingerprint density at radius 3 is 1.41 bits per heavy atom. The zero-order chi connectivity index (χ0) is 22.2. The minimum atomic E-state index is -2.97. The van der Waals surface area contributed by atoms with Crippen LogP contribution >= 0.6 is 0 Å². The highest BCUT2D eigenvalue weighted by molar-refractivity contribution is 5.81. The zero-order valence-electron chi connectivity index (χ0n) is 19.0. The van der Waals surface area contributed by atoms with Gasteiger partial charge in [0.25, 0.3) is 5.97 Å². The van der Waals surface area contributed by atoms with Crippen molar-refractivity contribution in [2.75, 3.05) is 0 Å². The second-order valence-corrected chi connectivity index (χ2v) is 8.95. The van der Waals surface area contributed by atoms with Crippen molar-refractivity contribution >= 4 is 5.78 Å². The van der Waals surface area contributed by atoms with E-state index in [2.05, 4.69) is 6.92 Å². The maximum atomic E-state index is 12.2. The first-order chi connectivity index (χ1) is 13.6. The lowest BCUT2D eigenvalue weighted by Crippen LogP contribution is -2.61. The molecule has 0 aliphatic heterocycles. The van der Waals surface area contributed by atoms with Crippen molar-refractivity contribution in [3.8, 4) is 0 Å². The lowest BCUT2D eigenvalue weighted by molar-refractivity contribution is -0.322. The molecule has 0 aliphatic carbocycles. The molecule has 0 radical (unpaired) electrons. The van der Waals surface area contributed by atoms with Crippen molar-refractivity contribution in [2.24, 2.45) is 17.4 Å². The second kappa shape index (κ2) is 16.2. The second-order valence-electron chi connectivity index (χ2n) is 8.95. The fourth-order valence-electron chi connectivity index (χ4n) is 3.75. The van der Waals surface area contributed by atoms with E-state index in [1.54, 1.807) is 6.92 Å². The van der Waals surface area contributed by atoms with Crippen LogP contribution in [0, 0.1) is 5.92 Å². The molecule has 0 saturated carbocycles. The largest absolute Gasteiger partial charge is 0.344 e. The van der Waals surface area contributed by atoms with Gasteiger partial charge >= 0.3 is 0 Å². The molecule has 0 rings (SSSR count). The lowest BCUT2D eigenvalue weighted by atomic mass is 9.86. The van der Waals surface area contributed by atoms with Gasteiger partial charge in [0.05, 0.1) is 12.1 Å². The first kappa shape index (κ1) is 28.5. The Hall–Kier alpha value is -0.530. The Morgan fingerprint density at radius 2 is 1.07 bits per heavy atom. The molecule has 0 aromatic rings. The van der Waals surface area contributed by atoms with E-state index >= 15 is 0 Å². The molecular formula is C23H48N2O4. The Morgan fingerprint density at radius 1 is 0.724 bits per heavy atom. The van der Waals surface area contributed by atoms with Crippen LogP contribution in [-0.4, -0.2) is 32.7 Å². The van der Waals surface area contributed by atoms with Crippen molar-refractivity contribution in [3.05, 3.63) is 0 Å². The van der Waals surface area contributed by atoms with Gasteiger partial charge in [-0.2, -0.15) is 0 Å². The molecule has 0 amide bonds. The van der Waals surface area contributed by atoms with E-state index in [4.69, 9.17) is 26.8 Å². The fourth-order valence-corrected chi connectivity index (χ4v) is 3.75. The zero-order valence-corrected chi connectivity index (χ0v) is 19.0. The summed E-state index contributed by atoms with van der Waals surface area (Å²) >= 11 is 0. The Balaban J connectivity index is 3.55. The monoisotopic (exact) mass is 416 g/mol. The van der Waals surface area contributed by atoms with E-state index in [1.807, 2.05) is 0 Å². The number of Topliss-reactive ketones (excluding diaryl/α,β-unsaturated/α-hetero) is 1. The van der Waals surface area contributed by atoms with Crippen molar-refractivity contribution in [1.82, 2.24) is 0 Å². The van der Waals surface area contributed by atoms with Gasteiger partial charge in [-0.3, -0.25) is 4.79 Å². The topological polar surface area (TPSA) is 130 Å². The number of rotatable bonds is 20. The molecule has 0 aromatic carbocycles. The first-order valence-corrected chi connectivity index (χ1v) is 11.9. The molecule has 7 N–H and O–H groups in total. The lowest BCUT2D eigenvalue weighted by Gasteiger charge is -2.33. The van der Waals surface area contributed by atoms with Crippen LogP contribution in [0.3, 0.4) is 0 Å². The number of aliphatic hydroxyl groups is 3. The molecule has 0 aliphatic rings. The summed E-state index contributed by atoms with van der Waals surface area (Å²) in [5, 5.41) is 27.1. The molecule has 6 nitrogen and oxygen atoms in total. The Labute approximate surface area is 178 Å². The van der Waals surface area contributed by atoms with Crippen molar-refractivity contribution in [2.45, 2.75) is 135 Å². The Kier molecular flexibility index (Phi) is 15.9.